The topological polar surface area (TPSA) is 42.1 Å². The van der Waals surface area contributed by atoms with Crippen molar-refractivity contribution in [2.24, 2.45) is 0 Å². The minimum absolute atomic E-state index is 0.0527. The summed E-state index contributed by atoms with van der Waals surface area (Å²) in [5.74, 6) is -0.393. The highest BCUT2D eigenvalue weighted by molar-refractivity contribution is 9.11. The number of aromatic nitrogens is 1. The lowest BCUT2D eigenvalue weighted by Gasteiger charge is -2.60. The first-order valence-corrected chi connectivity index (χ1v) is 8.85. The lowest BCUT2D eigenvalue weighted by molar-refractivity contribution is 0.210. The van der Waals surface area contributed by atoms with Crippen LogP contribution in [0.3, 0.4) is 0 Å². The summed E-state index contributed by atoms with van der Waals surface area (Å²) >= 11 is 2.85. The summed E-state index contributed by atoms with van der Waals surface area (Å²) in [6.45, 7) is 0. The molecule has 0 aliphatic heterocycles. The molecule has 1 aromatic carbocycles. The summed E-state index contributed by atoms with van der Waals surface area (Å²) in [5.41, 5.74) is -1.90. The molecular weight excluding hydrogens is 423 g/mol. The molecule has 116 valence electrons. The Bertz CT molecular complexity index is 1080. The third-order valence-electron chi connectivity index (χ3n) is 4.85. The van der Waals surface area contributed by atoms with Gasteiger partial charge in [-0.15, -0.1) is 21.1 Å². The quantitative estimate of drug-likeness (QED) is 0.384. The number of halogens is 1. The summed E-state index contributed by atoms with van der Waals surface area (Å²) in [4.78, 5) is 14.4. The summed E-state index contributed by atoms with van der Waals surface area (Å²) in [6.07, 6.45) is 0. The smallest absolute Gasteiger partial charge is 0.240 e. The van der Waals surface area contributed by atoms with E-state index < -0.39 is 31.3 Å². The van der Waals surface area contributed by atoms with E-state index in [-0.39, 0.29) is 38.2 Å². The van der Waals surface area contributed by atoms with E-state index in [2.05, 4.69) is 20.9 Å². The number of rotatable bonds is 5. The van der Waals surface area contributed by atoms with Gasteiger partial charge in [0.1, 0.15) is 60.7 Å². The molecule has 0 fully saturated rings. The standard InChI is InChI=1S/C13HB13BrNO2/c14-2-1-3(15)5(17)9(29)28-7(1)6(18)8(4(2)16)30-13(25,26)11(21,22)10(19,20)12(23,24)27/h(H,28,29). The Morgan fingerprint density at radius 2 is 1.17 bits per heavy atom. The summed E-state index contributed by atoms with van der Waals surface area (Å²) in [7, 11) is 76.7. The van der Waals surface area contributed by atoms with Gasteiger partial charge in [-0.1, -0.05) is 25.7 Å². The molecular formula is C13HB13BrNO2. The Balaban J connectivity index is 2.76. The SMILES string of the molecule is [B]c1c(OC([B])([B])C([B])([B])C([B])([B])C([B])([B])Br)c([B])c2[nH]c(=O)c([B])c([B])c2c1[B]. The molecule has 1 N–H and O–H groups in total. The zero-order valence-electron chi connectivity index (χ0n) is 15.7. The number of H-pyrrole nitrogens is 1. The maximum atomic E-state index is 12.0. The van der Waals surface area contributed by atoms with Gasteiger partial charge in [-0.25, -0.2) is 0 Å². The molecule has 0 bridgehead atoms. The highest BCUT2D eigenvalue weighted by Crippen LogP contribution is 2.55. The first-order valence-electron chi connectivity index (χ1n) is 8.05. The van der Waals surface area contributed by atoms with E-state index in [9.17, 15) is 4.79 Å². The second kappa shape index (κ2) is 7.85. The van der Waals surface area contributed by atoms with Crippen molar-refractivity contribution in [2.45, 2.75) is 20.0 Å². The van der Waals surface area contributed by atoms with E-state index in [1.54, 1.807) is 0 Å². The van der Waals surface area contributed by atoms with Gasteiger partial charge in [0.15, 0.2) is 0 Å². The Morgan fingerprint density at radius 1 is 0.700 bits per heavy atom. The number of pyridine rings is 1. The molecule has 0 aliphatic rings. The second-order valence-corrected chi connectivity index (χ2v) is 8.32. The van der Waals surface area contributed by atoms with Crippen LogP contribution in [0.4, 0.5) is 0 Å². The van der Waals surface area contributed by atoms with Crippen molar-refractivity contribution in [1.82, 2.24) is 4.98 Å². The molecule has 26 radical (unpaired) electrons. The predicted molar refractivity (Wildman–Crippen MR) is 138 cm³/mol. The number of nitrogens with one attached hydrogen (secondary N) is 1. The van der Waals surface area contributed by atoms with Crippen LogP contribution >= 0.6 is 15.9 Å². The molecule has 0 unspecified atom stereocenters. The van der Waals surface area contributed by atoms with Gasteiger partial charge in [-0.05, 0) is 16.3 Å². The minimum atomic E-state index is -2.59. The third-order valence-corrected chi connectivity index (χ3v) is 5.50. The van der Waals surface area contributed by atoms with Crippen LogP contribution in [0.2, 0.25) is 10.4 Å². The summed E-state index contributed by atoms with van der Waals surface area (Å²) < 4.78 is 3.45. The first-order chi connectivity index (χ1) is 13.3. The zero-order valence-corrected chi connectivity index (χ0v) is 17.3. The highest BCUT2D eigenvalue weighted by atomic mass is 79.9. The van der Waals surface area contributed by atoms with Crippen LogP contribution in [0.5, 0.6) is 5.75 Å². The fraction of sp³-hybridized carbons (Fsp3) is 0.308. The van der Waals surface area contributed by atoms with Gasteiger partial charge in [0.05, 0.1) is 47.1 Å². The molecule has 0 saturated heterocycles. The number of fused-ring (bicyclic) bond motifs is 1. The van der Waals surface area contributed by atoms with Crippen LogP contribution in [-0.4, -0.2) is 117 Å². The van der Waals surface area contributed by atoms with Crippen molar-refractivity contribution >= 4 is 156 Å². The zero-order chi connectivity index (χ0) is 23.6. The Kier molecular flexibility index (Phi) is 6.75. The van der Waals surface area contributed by atoms with Crippen LogP contribution < -0.4 is 37.6 Å². The van der Waals surface area contributed by atoms with Crippen molar-refractivity contribution in [3.8, 4) is 5.75 Å². The number of hydrogen-bond donors (Lipinski definition) is 1. The van der Waals surface area contributed by atoms with Crippen LogP contribution in [0.25, 0.3) is 10.9 Å². The second-order valence-electron chi connectivity index (χ2n) is 7.00. The summed E-state index contributed by atoms with van der Waals surface area (Å²) in [5, 5.41) is -7.38. The molecule has 30 heavy (non-hydrogen) atoms. The van der Waals surface area contributed by atoms with Gasteiger partial charge >= 0.3 is 0 Å². The maximum Gasteiger partial charge on any atom is 0.240 e. The molecule has 0 atom stereocenters. The number of alkyl halides is 1. The van der Waals surface area contributed by atoms with Gasteiger partial charge in [0.25, 0.3) is 0 Å². The number of benzene rings is 1. The highest BCUT2D eigenvalue weighted by Gasteiger charge is 2.51. The monoisotopic (exact) mass is 425 g/mol. The van der Waals surface area contributed by atoms with Crippen LogP contribution in [0.15, 0.2) is 4.79 Å². The average Bonchev–Trinajstić information content (AvgIpc) is 2.59. The van der Waals surface area contributed by atoms with Crippen molar-refractivity contribution in [1.29, 1.82) is 0 Å². The fourth-order valence-electron chi connectivity index (χ4n) is 2.64. The fourth-order valence-corrected chi connectivity index (χ4v) is 2.96. The number of hydrogen-bond acceptors (Lipinski definition) is 2. The van der Waals surface area contributed by atoms with Gasteiger partial charge in [0.2, 0.25) is 5.56 Å². The van der Waals surface area contributed by atoms with Gasteiger partial charge in [-0.2, -0.15) is 0 Å². The molecule has 0 saturated carbocycles. The minimum Gasteiger partial charge on any atom is -0.509 e. The van der Waals surface area contributed by atoms with Crippen LogP contribution in [0.1, 0.15) is 0 Å². The summed E-state index contributed by atoms with van der Waals surface area (Å²) in [6, 6.07) is 0. The molecule has 17 heteroatoms. The Hall–Kier alpha value is -0.446. The van der Waals surface area contributed by atoms with E-state index in [0.29, 0.717) is 0 Å². The molecule has 1 heterocycles. The van der Waals surface area contributed by atoms with Crippen molar-refractivity contribution in [3.05, 3.63) is 10.4 Å². The molecule has 2 rings (SSSR count). The molecule has 0 aliphatic carbocycles. The van der Waals surface area contributed by atoms with Crippen LogP contribution in [0, 0.1) is 0 Å². The molecule has 3 nitrogen and oxygen atoms in total. The third kappa shape index (κ3) is 3.79. The van der Waals surface area contributed by atoms with Gasteiger partial charge in [-0.3, -0.25) is 4.79 Å². The number of ether oxygens (including phenoxy) is 1. The van der Waals surface area contributed by atoms with E-state index in [1.807, 2.05) is 0 Å². The largest absolute Gasteiger partial charge is 0.509 e. The van der Waals surface area contributed by atoms with E-state index in [4.69, 9.17) is 107 Å². The maximum absolute atomic E-state index is 12.0. The lowest BCUT2D eigenvalue weighted by atomic mass is 9.16. The molecule has 0 spiro atoms. The van der Waals surface area contributed by atoms with Gasteiger partial charge in [0, 0.05) is 10.9 Å². The Morgan fingerprint density at radius 3 is 1.63 bits per heavy atom. The first kappa shape index (κ1) is 25.8. The van der Waals surface area contributed by atoms with Gasteiger partial charge < -0.3 is 9.72 Å². The van der Waals surface area contributed by atoms with E-state index in [0.717, 1.165) is 0 Å². The van der Waals surface area contributed by atoms with Crippen molar-refractivity contribution in [3.63, 3.8) is 0 Å². The predicted octanol–water partition coefficient (Wildman–Crippen LogP) is -6.84. The Labute approximate surface area is 201 Å². The van der Waals surface area contributed by atoms with Crippen molar-refractivity contribution in [2.75, 3.05) is 0 Å². The van der Waals surface area contributed by atoms with Crippen molar-refractivity contribution < 1.29 is 4.74 Å². The average molecular weight is 424 g/mol. The molecule has 0 amide bonds. The molecule has 1 aromatic heterocycles. The van der Waals surface area contributed by atoms with Crippen LogP contribution in [-0.2, 0) is 0 Å². The molecule has 2 aromatic rings. The van der Waals surface area contributed by atoms with E-state index in [1.165, 1.54) is 0 Å². The number of aromatic amines is 1. The normalized spacial score (nSPS) is 13.4. The lowest BCUT2D eigenvalue weighted by Crippen LogP contribution is -2.62. The van der Waals surface area contributed by atoms with E-state index >= 15 is 0 Å².